The molecule has 1 aromatic carbocycles. The first-order valence-electron chi connectivity index (χ1n) is 7.65. The molecule has 2 heterocycles. The summed E-state index contributed by atoms with van der Waals surface area (Å²) in [5.41, 5.74) is 1.09. The lowest BCUT2D eigenvalue weighted by Gasteiger charge is -2.08. The van der Waals surface area contributed by atoms with Crippen molar-refractivity contribution in [3.63, 3.8) is 0 Å². The zero-order valence-electron chi connectivity index (χ0n) is 13.7. The van der Waals surface area contributed by atoms with Gasteiger partial charge < -0.3 is 9.26 Å². The van der Waals surface area contributed by atoms with Gasteiger partial charge in [0.25, 0.3) is 11.8 Å². The van der Waals surface area contributed by atoms with E-state index in [0.29, 0.717) is 23.6 Å². The molecule has 3 aromatic rings. The van der Waals surface area contributed by atoms with Crippen LogP contribution in [-0.4, -0.2) is 33.4 Å². The van der Waals surface area contributed by atoms with Crippen molar-refractivity contribution in [3.05, 3.63) is 59.5 Å². The van der Waals surface area contributed by atoms with Crippen molar-refractivity contribution in [3.8, 4) is 5.75 Å². The second kappa shape index (κ2) is 7.00. The number of nitrogens with zero attached hydrogens (tertiary/aromatic N) is 3. The number of aromatic nitrogens is 3. The van der Waals surface area contributed by atoms with Crippen LogP contribution in [0, 0.1) is 6.92 Å². The van der Waals surface area contributed by atoms with Gasteiger partial charge in [0.05, 0.1) is 17.9 Å². The normalized spacial score (nSPS) is 10.5. The molecule has 3 rings (SSSR count). The Labute approximate surface area is 143 Å². The molecule has 0 aliphatic rings. The first-order valence-corrected chi connectivity index (χ1v) is 7.65. The van der Waals surface area contributed by atoms with E-state index in [2.05, 4.69) is 15.6 Å². The van der Waals surface area contributed by atoms with E-state index >= 15 is 0 Å². The number of aryl methyl sites for hydroxylation is 1. The Hall–Kier alpha value is -3.42. The highest BCUT2D eigenvalue weighted by molar-refractivity contribution is 6.03. The summed E-state index contributed by atoms with van der Waals surface area (Å²) in [6, 6.07) is 9.90. The molecule has 0 saturated heterocycles. The van der Waals surface area contributed by atoms with Crippen LogP contribution in [0.2, 0.25) is 0 Å². The molecule has 128 valence electrons. The van der Waals surface area contributed by atoms with Crippen LogP contribution in [0.25, 0.3) is 0 Å². The van der Waals surface area contributed by atoms with Gasteiger partial charge in [-0.15, -0.1) is 0 Å². The standard InChI is InChI=1S/C17H16N4O4/c1-3-24-14-7-5-4-6-12(14)17(23)21-9-8-13(19-21)16(22)18-15-10-11(2)20-25-15/h4-10H,3H2,1-2H3,(H,18,22). The molecule has 0 atom stereocenters. The van der Waals surface area contributed by atoms with Gasteiger partial charge in [-0.25, -0.2) is 4.68 Å². The van der Waals surface area contributed by atoms with E-state index in [1.54, 1.807) is 37.3 Å². The molecule has 1 N–H and O–H groups in total. The van der Waals surface area contributed by atoms with Crippen LogP contribution in [0.1, 0.15) is 33.5 Å². The van der Waals surface area contributed by atoms with E-state index in [1.807, 2.05) is 6.92 Å². The summed E-state index contributed by atoms with van der Waals surface area (Å²) in [4.78, 5) is 24.8. The SMILES string of the molecule is CCOc1ccccc1C(=O)n1ccc(C(=O)Nc2cc(C)no2)n1. The molecule has 25 heavy (non-hydrogen) atoms. The quantitative estimate of drug-likeness (QED) is 0.766. The number of ether oxygens (including phenoxy) is 1. The van der Waals surface area contributed by atoms with Crippen molar-refractivity contribution < 1.29 is 18.8 Å². The van der Waals surface area contributed by atoms with Crippen molar-refractivity contribution in [1.82, 2.24) is 14.9 Å². The van der Waals surface area contributed by atoms with Gasteiger partial charge in [-0.1, -0.05) is 17.3 Å². The number of hydrogen-bond donors (Lipinski definition) is 1. The summed E-state index contributed by atoms with van der Waals surface area (Å²) in [7, 11) is 0. The average Bonchev–Trinajstić information content (AvgIpc) is 3.24. The number of carbonyl (C=O) groups is 2. The summed E-state index contributed by atoms with van der Waals surface area (Å²) >= 11 is 0. The number of amides is 1. The van der Waals surface area contributed by atoms with Crippen LogP contribution < -0.4 is 10.1 Å². The van der Waals surface area contributed by atoms with Crippen molar-refractivity contribution in [2.45, 2.75) is 13.8 Å². The van der Waals surface area contributed by atoms with E-state index in [9.17, 15) is 9.59 Å². The predicted molar refractivity (Wildman–Crippen MR) is 88.8 cm³/mol. The lowest BCUT2D eigenvalue weighted by atomic mass is 10.2. The molecule has 0 spiro atoms. The van der Waals surface area contributed by atoms with Gasteiger partial charge in [0.15, 0.2) is 5.69 Å². The summed E-state index contributed by atoms with van der Waals surface area (Å²) in [5, 5.41) is 10.2. The molecule has 8 heteroatoms. The Bertz CT molecular complexity index is 913. The Morgan fingerprint density at radius 1 is 1.28 bits per heavy atom. The third kappa shape index (κ3) is 3.57. The minimum absolute atomic E-state index is 0.0799. The predicted octanol–water partition coefficient (Wildman–Crippen LogP) is 2.52. The van der Waals surface area contributed by atoms with E-state index in [-0.39, 0.29) is 11.6 Å². The highest BCUT2D eigenvalue weighted by Gasteiger charge is 2.18. The van der Waals surface area contributed by atoms with E-state index in [0.717, 1.165) is 4.68 Å². The van der Waals surface area contributed by atoms with Crippen LogP contribution in [0.15, 0.2) is 47.1 Å². The van der Waals surface area contributed by atoms with Crippen LogP contribution in [-0.2, 0) is 0 Å². The fraction of sp³-hybridized carbons (Fsp3) is 0.176. The molecule has 1 amide bonds. The molecule has 0 aliphatic heterocycles. The van der Waals surface area contributed by atoms with Crippen LogP contribution in [0.5, 0.6) is 5.75 Å². The van der Waals surface area contributed by atoms with Crippen LogP contribution in [0.4, 0.5) is 5.88 Å². The maximum absolute atomic E-state index is 12.6. The van der Waals surface area contributed by atoms with Gasteiger partial charge >= 0.3 is 0 Å². The van der Waals surface area contributed by atoms with Gasteiger partial charge in [0.2, 0.25) is 5.88 Å². The zero-order chi connectivity index (χ0) is 17.8. The highest BCUT2D eigenvalue weighted by Crippen LogP contribution is 2.19. The molecular weight excluding hydrogens is 324 g/mol. The fourth-order valence-electron chi connectivity index (χ4n) is 2.20. The van der Waals surface area contributed by atoms with E-state index < -0.39 is 11.8 Å². The Balaban J connectivity index is 1.79. The third-order valence-electron chi connectivity index (χ3n) is 3.31. The zero-order valence-corrected chi connectivity index (χ0v) is 13.7. The lowest BCUT2D eigenvalue weighted by Crippen LogP contribution is -2.17. The average molecular weight is 340 g/mol. The number of nitrogens with one attached hydrogen (secondary N) is 1. The highest BCUT2D eigenvalue weighted by atomic mass is 16.5. The second-order valence-corrected chi connectivity index (χ2v) is 5.17. The molecule has 0 fully saturated rings. The topological polar surface area (TPSA) is 99.2 Å². The molecule has 8 nitrogen and oxygen atoms in total. The molecule has 2 aromatic heterocycles. The van der Waals surface area contributed by atoms with Crippen molar-refractivity contribution >= 4 is 17.7 Å². The first kappa shape index (κ1) is 16.4. The molecule has 0 unspecified atom stereocenters. The fourth-order valence-corrected chi connectivity index (χ4v) is 2.20. The smallest absolute Gasteiger partial charge is 0.281 e. The number of hydrogen-bond acceptors (Lipinski definition) is 6. The van der Waals surface area contributed by atoms with Crippen molar-refractivity contribution in [2.24, 2.45) is 0 Å². The molecule has 0 saturated carbocycles. The second-order valence-electron chi connectivity index (χ2n) is 5.17. The number of anilines is 1. The first-order chi connectivity index (χ1) is 12.1. The minimum atomic E-state index is -0.499. The number of carbonyl (C=O) groups excluding carboxylic acids is 2. The molecule has 0 bridgehead atoms. The third-order valence-corrected chi connectivity index (χ3v) is 3.31. The number of rotatable bonds is 5. The van der Waals surface area contributed by atoms with Gasteiger partial charge in [-0.2, -0.15) is 5.10 Å². The summed E-state index contributed by atoms with van der Waals surface area (Å²) in [6.45, 7) is 4.01. The summed E-state index contributed by atoms with van der Waals surface area (Å²) < 4.78 is 11.5. The molecular formula is C17H16N4O4. The Kier molecular flexibility index (Phi) is 4.60. The van der Waals surface area contributed by atoms with Gasteiger partial charge in [0.1, 0.15) is 5.75 Å². The maximum atomic E-state index is 12.6. The van der Waals surface area contributed by atoms with Crippen molar-refractivity contribution in [2.75, 3.05) is 11.9 Å². The van der Waals surface area contributed by atoms with Crippen molar-refractivity contribution in [1.29, 1.82) is 0 Å². The van der Waals surface area contributed by atoms with Crippen LogP contribution >= 0.6 is 0 Å². The van der Waals surface area contributed by atoms with E-state index in [4.69, 9.17) is 9.26 Å². The Morgan fingerprint density at radius 3 is 2.80 bits per heavy atom. The molecule has 0 radical (unpaired) electrons. The lowest BCUT2D eigenvalue weighted by molar-refractivity contribution is 0.0940. The Morgan fingerprint density at radius 2 is 2.08 bits per heavy atom. The number of para-hydroxylation sites is 1. The largest absolute Gasteiger partial charge is 0.493 e. The monoisotopic (exact) mass is 340 g/mol. The van der Waals surface area contributed by atoms with E-state index in [1.165, 1.54) is 12.3 Å². The maximum Gasteiger partial charge on any atom is 0.281 e. The van der Waals surface area contributed by atoms with Gasteiger partial charge in [-0.05, 0) is 32.0 Å². The summed E-state index contributed by atoms with van der Waals surface area (Å²) in [5.74, 6) is -0.210. The summed E-state index contributed by atoms with van der Waals surface area (Å²) in [6.07, 6.45) is 1.42. The number of benzene rings is 1. The van der Waals surface area contributed by atoms with Crippen LogP contribution in [0.3, 0.4) is 0 Å². The molecule has 0 aliphatic carbocycles. The minimum Gasteiger partial charge on any atom is -0.493 e. The van der Waals surface area contributed by atoms with Gasteiger partial charge in [-0.3, -0.25) is 14.9 Å². The van der Waals surface area contributed by atoms with Gasteiger partial charge in [0, 0.05) is 12.3 Å².